The van der Waals surface area contributed by atoms with E-state index in [1.165, 1.54) is 37.1 Å². The van der Waals surface area contributed by atoms with E-state index >= 15 is 0 Å². The van der Waals surface area contributed by atoms with Crippen LogP contribution in [0.3, 0.4) is 0 Å². The van der Waals surface area contributed by atoms with E-state index in [0.29, 0.717) is 11.1 Å². The summed E-state index contributed by atoms with van der Waals surface area (Å²) in [7, 11) is 0. The summed E-state index contributed by atoms with van der Waals surface area (Å²) in [5.41, 5.74) is 1.96. The molecule has 0 spiro atoms. The Bertz CT molecular complexity index is 1020. The molecule has 0 atom stereocenters. The third-order valence-electron chi connectivity index (χ3n) is 5.74. The molecule has 1 aromatic heterocycles. The Labute approximate surface area is 163 Å². The van der Waals surface area contributed by atoms with Gasteiger partial charge in [-0.25, -0.2) is 9.37 Å². The first-order chi connectivity index (χ1) is 13.7. The molecule has 1 aliphatic heterocycles. The molecular formula is C23H22FN3O. The number of rotatable bonds is 4. The van der Waals surface area contributed by atoms with E-state index in [0.717, 1.165) is 48.9 Å². The lowest BCUT2D eigenvalue weighted by Gasteiger charge is -2.35. The molecule has 142 valence electrons. The van der Waals surface area contributed by atoms with Crippen LogP contribution < -0.4 is 4.90 Å². The van der Waals surface area contributed by atoms with E-state index in [1.807, 2.05) is 24.3 Å². The molecule has 3 aromatic rings. The normalized spacial score (nSPS) is 17.8. The number of aromatic nitrogens is 1. The van der Waals surface area contributed by atoms with Crippen molar-refractivity contribution in [2.75, 3.05) is 31.1 Å². The number of carbonyl (C=O) groups excluding carboxylic acids is 1. The minimum atomic E-state index is -0.343. The summed E-state index contributed by atoms with van der Waals surface area (Å²) in [6.45, 7) is 4.23. The smallest absolute Gasteiger partial charge is 0.193 e. The van der Waals surface area contributed by atoms with Gasteiger partial charge in [-0.2, -0.15) is 0 Å². The zero-order chi connectivity index (χ0) is 19.1. The molecule has 2 heterocycles. The van der Waals surface area contributed by atoms with Crippen LogP contribution in [0.1, 0.15) is 28.8 Å². The maximum atomic E-state index is 13.1. The number of ketones is 1. The van der Waals surface area contributed by atoms with Crippen molar-refractivity contribution in [3.05, 3.63) is 71.5 Å². The predicted molar refractivity (Wildman–Crippen MR) is 108 cm³/mol. The third kappa shape index (κ3) is 3.38. The van der Waals surface area contributed by atoms with Crippen LogP contribution in [0.25, 0.3) is 10.9 Å². The Morgan fingerprint density at radius 2 is 1.61 bits per heavy atom. The van der Waals surface area contributed by atoms with Gasteiger partial charge in [0.25, 0.3) is 0 Å². The number of fused-ring (bicyclic) bond motifs is 1. The molecule has 5 rings (SSSR count). The quantitative estimate of drug-likeness (QED) is 0.649. The van der Waals surface area contributed by atoms with Gasteiger partial charge in [0.05, 0.1) is 5.52 Å². The molecule has 4 nitrogen and oxygen atoms in total. The number of piperazine rings is 1. The molecule has 0 bridgehead atoms. The Morgan fingerprint density at radius 1 is 0.893 bits per heavy atom. The van der Waals surface area contributed by atoms with Gasteiger partial charge >= 0.3 is 0 Å². The van der Waals surface area contributed by atoms with Gasteiger partial charge in [-0.3, -0.25) is 9.69 Å². The van der Waals surface area contributed by atoms with Gasteiger partial charge in [-0.1, -0.05) is 0 Å². The van der Waals surface area contributed by atoms with Gasteiger partial charge < -0.3 is 4.90 Å². The molecule has 0 unspecified atom stereocenters. The second-order valence-corrected chi connectivity index (χ2v) is 7.67. The summed E-state index contributed by atoms with van der Waals surface area (Å²) in [6, 6.07) is 16.1. The summed E-state index contributed by atoms with van der Waals surface area (Å²) in [5.74, 6) is 0.549. The highest BCUT2D eigenvalue weighted by atomic mass is 19.1. The van der Waals surface area contributed by atoms with Crippen LogP contribution in [0, 0.1) is 5.82 Å². The summed E-state index contributed by atoms with van der Waals surface area (Å²) < 4.78 is 13.1. The van der Waals surface area contributed by atoms with Crippen LogP contribution in [0.4, 0.5) is 10.2 Å². The van der Waals surface area contributed by atoms with Gasteiger partial charge in [-0.05, 0) is 67.4 Å². The minimum Gasteiger partial charge on any atom is -0.354 e. The van der Waals surface area contributed by atoms with Crippen molar-refractivity contribution >= 4 is 22.5 Å². The Balaban J connectivity index is 1.35. The largest absolute Gasteiger partial charge is 0.354 e. The summed E-state index contributed by atoms with van der Waals surface area (Å²) in [6.07, 6.45) is 2.71. The number of carbonyl (C=O) groups is 1. The van der Waals surface area contributed by atoms with Gasteiger partial charge in [0.2, 0.25) is 0 Å². The average molecular weight is 375 g/mol. The Morgan fingerprint density at radius 3 is 2.32 bits per heavy atom. The van der Waals surface area contributed by atoms with Crippen molar-refractivity contribution in [1.82, 2.24) is 9.88 Å². The minimum absolute atomic E-state index is 0.109. The maximum Gasteiger partial charge on any atom is 0.193 e. The van der Waals surface area contributed by atoms with Gasteiger partial charge in [0.1, 0.15) is 11.6 Å². The zero-order valence-corrected chi connectivity index (χ0v) is 15.6. The van der Waals surface area contributed by atoms with Crippen molar-refractivity contribution in [3.8, 4) is 0 Å². The zero-order valence-electron chi connectivity index (χ0n) is 15.6. The fourth-order valence-electron chi connectivity index (χ4n) is 3.96. The monoisotopic (exact) mass is 375 g/mol. The van der Waals surface area contributed by atoms with Gasteiger partial charge in [0.15, 0.2) is 5.78 Å². The molecule has 0 amide bonds. The summed E-state index contributed by atoms with van der Waals surface area (Å²) in [5, 5.41) is 0.938. The number of hydrogen-bond donors (Lipinski definition) is 0. The second kappa shape index (κ2) is 6.99. The fraction of sp³-hybridized carbons (Fsp3) is 0.304. The summed E-state index contributed by atoms with van der Waals surface area (Å²) >= 11 is 0. The molecule has 2 aromatic carbocycles. The number of benzene rings is 2. The van der Waals surface area contributed by atoms with Crippen molar-refractivity contribution in [2.45, 2.75) is 18.9 Å². The second-order valence-electron chi connectivity index (χ2n) is 7.67. The lowest BCUT2D eigenvalue weighted by Crippen LogP contribution is -2.47. The number of halogens is 1. The maximum absolute atomic E-state index is 13.1. The van der Waals surface area contributed by atoms with Crippen LogP contribution in [0.5, 0.6) is 0 Å². The molecule has 5 heteroatoms. The topological polar surface area (TPSA) is 36.4 Å². The van der Waals surface area contributed by atoms with Gasteiger partial charge in [0, 0.05) is 48.7 Å². The van der Waals surface area contributed by atoms with E-state index in [9.17, 15) is 9.18 Å². The first kappa shape index (κ1) is 17.3. The summed E-state index contributed by atoms with van der Waals surface area (Å²) in [4.78, 5) is 22.4. The molecule has 1 saturated carbocycles. The first-order valence-corrected chi connectivity index (χ1v) is 9.87. The Hall–Kier alpha value is -2.79. The standard InChI is InChI=1S/C23H22FN3O/c24-19-5-1-16(2-6-19)23(28)18-3-9-21-17(15-18)4-10-22(25-21)27-13-11-26(12-14-27)20-7-8-20/h1-6,9-10,15,20H,7-8,11-14H2. The van der Waals surface area contributed by atoms with E-state index in [4.69, 9.17) is 4.98 Å². The predicted octanol–water partition coefficient (Wildman–Crippen LogP) is 3.89. The number of hydrogen-bond acceptors (Lipinski definition) is 4. The fourth-order valence-corrected chi connectivity index (χ4v) is 3.96. The van der Waals surface area contributed by atoms with E-state index < -0.39 is 0 Å². The van der Waals surface area contributed by atoms with Crippen LogP contribution in [-0.2, 0) is 0 Å². The average Bonchev–Trinajstić information content (AvgIpc) is 3.59. The van der Waals surface area contributed by atoms with Gasteiger partial charge in [-0.15, -0.1) is 0 Å². The van der Waals surface area contributed by atoms with Crippen LogP contribution >= 0.6 is 0 Å². The number of pyridine rings is 1. The molecular weight excluding hydrogens is 353 g/mol. The van der Waals surface area contributed by atoms with Crippen molar-refractivity contribution in [2.24, 2.45) is 0 Å². The SMILES string of the molecule is O=C(c1ccc(F)cc1)c1ccc2nc(N3CCN(C4CC4)CC3)ccc2c1. The van der Waals surface area contributed by atoms with E-state index in [2.05, 4.69) is 9.80 Å². The van der Waals surface area contributed by atoms with E-state index in [-0.39, 0.29) is 11.6 Å². The lowest BCUT2D eigenvalue weighted by atomic mass is 10.0. The highest BCUT2D eigenvalue weighted by Crippen LogP contribution is 2.28. The molecule has 1 saturated heterocycles. The molecule has 2 aliphatic rings. The molecule has 0 N–H and O–H groups in total. The lowest BCUT2D eigenvalue weighted by molar-refractivity contribution is 0.103. The van der Waals surface area contributed by atoms with Crippen LogP contribution in [-0.4, -0.2) is 47.9 Å². The van der Waals surface area contributed by atoms with Crippen molar-refractivity contribution in [3.63, 3.8) is 0 Å². The number of nitrogens with zero attached hydrogens (tertiary/aromatic N) is 3. The molecule has 0 radical (unpaired) electrons. The third-order valence-corrected chi connectivity index (χ3v) is 5.74. The van der Waals surface area contributed by atoms with E-state index in [1.54, 1.807) is 6.07 Å². The number of anilines is 1. The molecule has 28 heavy (non-hydrogen) atoms. The highest BCUT2D eigenvalue weighted by Gasteiger charge is 2.31. The first-order valence-electron chi connectivity index (χ1n) is 9.87. The van der Waals surface area contributed by atoms with Crippen LogP contribution in [0.15, 0.2) is 54.6 Å². The van der Waals surface area contributed by atoms with Crippen molar-refractivity contribution < 1.29 is 9.18 Å². The van der Waals surface area contributed by atoms with Crippen LogP contribution in [0.2, 0.25) is 0 Å². The highest BCUT2D eigenvalue weighted by molar-refractivity contribution is 6.10. The Kier molecular flexibility index (Phi) is 4.32. The van der Waals surface area contributed by atoms with Crippen molar-refractivity contribution in [1.29, 1.82) is 0 Å². The molecule has 2 fully saturated rings. The molecule has 1 aliphatic carbocycles.